The Balaban J connectivity index is 2.93. The van der Waals surface area contributed by atoms with Crippen LogP contribution in [0.3, 0.4) is 0 Å². The molecule has 1 nitrogen and oxygen atoms in total. The minimum Gasteiger partial charge on any atom is -0.265 e. The second kappa shape index (κ2) is 2.99. The second-order valence-corrected chi connectivity index (χ2v) is 2.79. The van der Waals surface area contributed by atoms with E-state index in [4.69, 9.17) is 0 Å². The van der Waals surface area contributed by atoms with Gasteiger partial charge in [-0.15, -0.1) is 0 Å². The Hall–Kier alpha value is -0.920. The smallest absolute Gasteiger partial charge is 0.133 e. The first-order valence-corrected chi connectivity index (χ1v) is 3.76. The highest BCUT2D eigenvalue weighted by Gasteiger charge is 2.22. The Bertz CT molecular complexity index is 218. The number of hydrogen-bond acceptors (Lipinski definition) is 1. The average molecular weight is 153 g/mol. The van der Waals surface area contributed by atoms with Gasteiger partial charge < -0.3 is 0 Å². The summed E-state index contributed by atoms with van der Waals surface area (Å²) < 4.78 is 13.5. The van der Waals surface area contributed by atoms with Gasteiger partial charge in [0.25, 0.3) is 0 Å². The molecule has 0 fully saturated rings. The van der Waals surface area contributed by atoms with Gasteiger partial charge in [0.15, 0.2) is 0 Å². The van der Waals surface area contributed by atoms with E-state index < -0.39 is 5.67 Å². The van der Waals surface area contributed by atoms with E-state index in [-0.39, 0.29) is 0 Å². The molecule has 0 aromatic carbocycles. The highest BCUT2D eigenvalue weighted by Crippen LogP contribution is 2.27. The lowest BCUT2D eigenvalue weighted by molar-refractivity contribution is 0.185. The normalized spacial score (nSPS) is 15.9. The molecule has 1 unspecified atom stereocenters. The number of alkyl halides is 1. The molecule has 60 valence electrons. The molecule has 0 aliphatic carbocycles. The fraction of sp³-hybridized carbons (Fsp3) is 0.444. The number of pyridine rings is 1. The van der Waals surface area contributed by atoms with Crippen LogP contribution in [0, 0.1) is 0 Å². The maximum Gasteiger partial charge on any atom is 0.133 e. The van der Waals surface area contributed by atoms with Crippen molar-refractivity contribution in [1.82, 2.24) is 4.98 Å². The molecule has 1 aromatic rings. The summed E-state index contributed by atoms with van der Waals surface area (Å²) in [5.41, 5.74) is -0.502. The summed E-state index contributed by atoms with van der Waals surface area (Å²) >= 11 is 0. The Morgan fingerprint density at radius 2 is 2.00 bits per heavy atom. The SMILES string of the molecule is CCC(C)(F)c1ccncc1. The second-order valence-electron chi connectivity index (χ2n) is 2.79. The van der Waals surface area contributed by atoms with Gasteiger partial charge in [-0.1, -0.05) is 6.92 Å². The van der Waals surface area contributed by atoms with Crippen molar-refractivity contribution in [1.29, 1.82) is 0 Å². The molecule has 2 heteroatoms. The first kappa shape index (κ1) is 8.18. The molecule has 0 aliphatic heterocycles. The van der Waals surface area contributed by atoms with Crippen LogP contribution in [0.1, 0.15) is 25.8 Å². The predicted molar refractivity (Wildman–Crippen MR) is 43.0 cm³/mol. The lowest BCUT2D eigenvalue weighted by atomic mass is 9.97. The average Bonchev–Trinajstić information content (AvgIpc) is 2.06. The first-order valence-electron chi connectivity index (χ1n) is 3.76. The number of aromatic nitrogens is 1. The Morgan fingerprint density at radius 1 is 1.45 bits per heavy atom. The van der Waals surface area contributed by atoms with Crippen LogP contribution in [0.2, 0.25) is 0 Å². The molecule has 0 saturated carbocycles. The summed E-state index contributed by atoms with van der Waals surface area (Å²) in [5.74, 6) is 0. The minimum atomic E-state index is -1.21. The molecule has 0 radical (unpaired) electrons. The first-order chi connectivity index (χ1) is 5.17. The highest BCUT2D eigenvalue weighted by molar-refractivity contribution is 5.17. The molecule has 1 atom stereocenters. The lowest BCUT2D eigenvalue weighted by Crippen LogP contribution is -2.12. The number of rotatable bonds is 2. The Labute approximate surface area is 66.3 Å². The van der Waals surface area contributed by atoms with E-state index in [1.807, 2.05) is 6.92 Å². The number of nitrogens with zero attached hydrogens (tertiary/aromatic N) is 1. The van der Waals surface area contributed by atoms with Crippen molar-refractivity contribution in [3.8, 4) is 0 Å². The monoisotopic (exact) mass is 153 g/mol. The number of halogens is 1. The van der Waals surface area contributed by atoms with Crippen LogP contribution in [-0.4, -0.2) is 4.98 Å². The van der Waals surface area contributed by atoms with Gasteiger partial charge in [-0.25, -0.2) is 4.39 Å². The molecule has 0 spiro atoms. The zero-order chi connectivity index (χ0) is 8.32. The van der Waals surface area contributed by atoms with Gasteiger partial charge >= 0.3 is 0 Å². The van der Waals surface area contributed by atoms with Gasteiger partial charge in [0, 0.05) is 12.4 Å². The van der Waals surface area contributed by atoms with E-state index in [1.165, 1.54) is 0 Å². The maximum absolute atomic E-state index is 13.5. The summed E-state index contributed by atoms with van der Waals surface area (Å²) in [6.45, 7) is 3.42. The van der Waals surface area contributed by atoms with Crippen molar-refractivity contribution in [2.24, 2.45) is 0 Å². The van der Waals surface area contributed by atoms with Gasteiger partial charge in [-0.3, -0.25) is 4.98 Å². The largest absolute Gasteiger partial charge is 0.265 e. The fourth-order valence-electron chi connectivity index (χ4n) is 0.904. The van der Waals surface area contributed by atoms with Crippen molar-refractivity contribution in [3.05, 3.63) is 30.1 Å². The fourth-order valence-corrected chi connectivity index (χ4v) is 0.904. The summed E-state index contributed by atoms with van der Waals surface area (Å²) in [4.78, 5) is 3.83. The van der Waals surface area contributed by atoms with E-state index in [0.717, 1.165) is 0 Å². The minimum absolute atomic E-state index is 0.497. The van der Waals surface area contributed by atoms with Crippen molar-refractivity contribution in [2.45, 2.75) is 25.9 Å². The van der Waals surface area contributed by atoms with Crippen LogP contribution in [-0.2, 0) is 5.67 Å². The van der Waals surface area contributed by atoms with Crippen molar-refractivity contribution < 1.29 is 4.39 Å². The zero-order valence-electron chi connectivity index (χ0n) is 6.84. The molecular formula is C9H12FN. The molecule has 0 amide bonds. The van der Waals surface area contributed by atoms with Crippen LogP contribution in [0.25, 0.3) is 0 Å². The van der Waals surface area contributed by atoms with Gasteiger partial charge in [0.2, 0.25) is 0 Å². The van der Waals surface area contributed by atoms with E-state index in [0.29, 0.717) is 12.0 Å². The Kier molecular flexibility index (Phi) is 2.22. The Morgan fingerprint density at radius 3 is 2.45 bits per heavy atom. The van der Waals surface area contributed by atoms with Gasteiger partial charge in [-0.05, 0) is 31.0 Å². The molecule has 11 heavy (non-hydrogen) atoms. The van der Waals surface area contributed by atoms with E-state index >= 15 is 0 Å². The summed E-state index contributed by atoms with van der Waals surface area (Å²) in [5, 5.41) is 0. The van der Waals surface area contributed by atoms with Crippen LogP contribution in [0.15, 0.2) is 24.5 Å². The zero-order valence-corrected chi connectivity index (χ0v) is 6.84. The van der Waals surface area contributed by atoms with Crippen LogP contribution >= 0.6 is 0 Å². The topological polar surface area (TPSA) is 12.9 Å². The van der Waals surface area contributed by atoms with Gasteiger partial charge in [-0.2, -0.15) is 0 Å². The standard InChI is InChI=1S/C9H12FN/c1-3-9(2,10)8-4-6-11-7-5-8/h4-7H,3H2,1-2H3. The molecule has 0 N–H and O–H groups in total. The van der Waals surface area contributed by atoms with Gasteiger partial charge in [0.1, 0.15) is 5.67 Å². The summed E-state index contributed by atoms with van der Waals surface area (Å²) in [6, 6.07) is 3.42. The molecule has 0 bridgehead atoms. The molecular weight excluding hydrogens is 141 g/mol. The molecule has 0 aliphatic rings. The molecule has 1 aromatic heterocycles. The molecule has 1 heterocycles. The quantitative estimate of drug-likeness (QED) is 0.636. The van der Waals surface area contributed by atoms with Crippen LogP contribution in [0.5, 0.6) is 0 Å². The summed E-state index contributed by atoms with van der Waals surface area (Å²) in [7, 11) is 0. The molecule has 1 rings (SSSR count). The van der Waals surface area contributed by atoms with E-state index in [9.17, 15) is 4.39 Å². The molecule has 0 saturated heterocycles. The third-order valence-electron chi connectivity index (χ3n) is 1.95. The van der Waals surface area contributed by atoms with Crippen molar-refractivity contribution >= 4 is 0 Å². The van der Waals surface area contributed by atoms with E-state index in [2.05, 4.69) is 4.98 Å². The van der Waals surface area contributed by atoms with E-state index in [1.54, 1.807) is 31.5 Å². The van der Waals surface area contributed by atoms with Crippen LogP contribution in [0.4, 0.5) is 4.39 Å². The lowest BCUT2D eigenvalue weighted by Gasteiger charge is -2.17. The van der Waals surface area contributed by atoms with Crippen LogP contribution < -0.4 is 0 Å². The predicted octanol–water partition coefficient (Wildman–Crippen LogP) is 2.68. The summed E-state index contributed by atoms with van der Waals surface area (Å²) in [6.07, 6.45) is 3.72. The maximum atomic E-state index is 13.5. The van der Waals surface area contributed by atoms with Gasteiger partial charge in [0.05, 0.1) is 0 Å². The van der Waals surface area contributed by atoms with Crippen molar-refractivity contribution in [3.63, 3.8) is 0 Å². The van der Waals surface area contributed by atoms with Crippen molar-refractivity contribution in [2.75, 3.05) is 0 Å². The third-order valence-corrected chi connectivity index (χ3v) is 1.95. The third kappa shape index (κ3) is 1.76. The number of hydrogen-bond donors (Lipinski definition) is 0. The highest BCUT2D eigenvalue weighted by atomic mass is 19.1.